The van der Waals surface area contributed by atoms with E-state index in [1.807, 2.05) is 13.0 Å². The highest BCUT2D eigenvalue weighted by Gasteiger charge is 2.13. The lowest BCUT2D eigenvalue weighted by atomic mass is 10.2. The van der Waals surface area contributed by atoms with Crippen molar-refractivity contribution in [3.8, 4) is 11.8 Å². The highest BCUT2D eigenvalue weighted by molar-refractivity contribution is 6.03. The molecule has 5 heteroatoms. The molecule has 0 saturated heterocycles. The molecule has 0 atom stereocenters. The number of anilines is 1. The lowest BCUT2D eigenvalue weighted by Gasteiger charge is -2.08. The quantitative estimate of drug-likeness (QED) is 0.829. The Balaban J connectivity index is 2.20. The van der Waals surface area contributed by atoms with E-state index in [0.29, 0.717) is 11.3 Å². The summed E-state index contributed by atoms with van der Waals surface area (Å²) in [6.45, 7) is 2.11. The molecule has 0 aliphatic rings. The first-order valence-corrected chi connectivity index (χ1v) is 6.45. The smallest absolute Gasteiger partial charge is 0.272 e. The molecule has 108 valence electrons. The summed E-state index contributed by atoms with van der Waals surface area (Å²) < 4.78 is 15.7. The fraction of sp³-hybridized carbons (Fsp3) is 0.188. The zero-order valence-corrected chi connectivity index (χ0v) is 11.9. The maximum atomic E-state index is 13.9. The van der Waals surface area contributed by atoms with Gasteiger partial charge < -0.3 is 15.6 Å². The average Bonchev–Trinajstić information content (AvgIpc) is 2.79. The molecule has 0 fully saturated rings. The number of nitrogens with zero attached hydrogens (tertiary/aromatic N) is 1. The van der Waals surface area contributed by atoms with E-state index in [4.69, 9.17) is 5.73 Å². The average molecular weight is 285 g/mol. The Morgan fingerprint density at radius 2 is 2.14 bits per heavy atom. The molecule has 1 amide bonds. The van der Waals surface area contributed by atoms with Gasteiger partial charge in [-0.25, -0.2) is 4.39 Å². The van der Waals surface area contributed by atoms with Gasteiger partial charge >= 0.3 is 0 Å². The number of hydrogen-bond acceptors (Lipinski definition) is 2. The molecule has 0 unspecified atom stereocenters. The summed E-state index contributed by atoms with van der Waals surface area (Å²) >= 11 is 0. The van der Waals surface area contributed by atoms with Gasteiger partial charge in [-0.1, -0.05) is 11.8 Å². The Morgan fingerprint density at radius 3 is 2.71 bits per heavy atom. The SMILES string of the molecule is Cc1ccc(C(=O)Nc2ccc(C#CCN)cc2F)n1C. The predicted octanol–water partition coefficient (Wildman–Crippen LogP) is 2.04. The van der Waals surface area contributed by atoms with E-state index in [1.165, 1.54) is 12.1 Å². The van der Waals surface area contributed by atoms with Crippen LogP contribution >= 0.6 is 0 Å². The van der Waals surface area contributed by atoms with Gasteiger partial charge in [0.2, 0.25) is 0 Å². The normalized spacial score (nSPS) is 9.90. The summed E-state index contributed by atoms with van der Waals surface area (Å²) in [6, 6.07) is 7.93. The Morgan fingerprint density at radius 1 is 1.38 bits per heavy atom. The van der Waals surface area contributed by atoms with Crippen LogP contribution in [-0.4, -0.2) is 17.0 Å². The van der Waals surface area contributed by atoms with Crippen molar-refractivity contribution in [1.29, 1.82) is 0 Å². The molecule has 0 aliphatic carbocycles. The molecule has 0 bridgehead atoms. The molecule has 1 heterocycles. The van der Waals surface area contributed by atoms with Crippen LogP contribution in [0.1, 0.15) is 21.7 Å². The molecule has 21 heavy (non-hydrogen) atoms. The van der Waals surface area contributed by atoms with E-state index in [2.05, 4.69) is 17.2 Å². The Hall–Kier alpha value is -2.58. The van der Waals surface area contributed by atoms with E-state index in [-0.39, 0.29) is 18.1 Å². The van der Waals surface area contributed by atoms with Crippen molar-refractivity contribution in [2.75, 3.05) is 11.9 Å². The fourth-order valence-electron chi connectivity index (χ4n) is 1.87. The van der Waals surface area contributed by atoms with Crippen molar-refractivity contribution in [3.63, 3.8) is 0 Å². The highest BCUT2D eigenvalue weighted by atomic mass is 19.1. The first-order chi connectivity index (χ1) is 10.0. The number of nitrogens with two attached hydrogens (primary N) is 1. The van der Waals surface area contributed by atoms with Crippen LogP contribution in [0.15, 0.2) is 30.3 Å². The standard InChI is InChI=1S/C16H16FN3O/c1-11-5-8-15(20(11)2)16(21)19-14-7-6-12(4-3-9-18)10-13(14)17/h5-8,10H,9,18H2,1-2H3,(H,19,21). The van der Waals surface area contributed by atoms with Crippen molar-refractivity contribution in [1.82, 2.24) is 4.57 Å². The van der Waals surface area contributed by atoms with Crippen molar-refractivity contribution < 1.29 is 9.18 Å². The summed E-state index contributed by atoms with van der Waals surface area (Å²) in [5, 5.41) is 2.56. The molecular weight excluding hydrogens is 269 g/mol. The number of aromatic nitrogens is 1. The second kappa shape index (κ2) is 6.25. The van der Waals surface area contributed by atoms with Crippen LogP contribution in [-0.2, 0) is 7.05 Å². The molecule has 0 spiro atoms. The monoisotopic (exact) mass is 285 g/mol. The van der Waals surface area contributed by atoms with Gasteiger partial charge in [-0.15, -0.1) is 0 Å². The highest BCUT2D eigenvalue weighted by Crippen LogP contribution is 2.17. The van der Waals surface area contributed by atoms with Gasteiger partial charge in [0.15, 0.2) is 0 Å². The maximum Gasteiger partial charge on any atom is 0.272 e. The minimum atomic E-state index is -0.530. The summed E-state index contributed by atoms with van der Waals surface area (Å²) in [6.07, 6.45) is 0. The molecule has 1 aromatic heterocycles. The number of benzene rings is 1. The van der Waals surface area contributed by atoms with Gasteiger partial charge in [0, 0.05) is 18.3 Å². The molecule has 0 saturated carbocycles. The van der Waals surface area contributed by atoms with Gasteiger partial charge in [0.1, 0.15) is 11.5 Å². The number of nitrogens with one attached hydrogen (secondary N) is 1. The van der Waals surface area contributed by atoms with E-state index < -0.39 is 5.82 Å². The molecule has 2 aromatic rings. The third-order valence-electron chi connectivity index (χ3n) is 3.16. The number of carbonyl (C=O) groups is 1. The summed E-state index contributed by atoms with van der Waals surface area (Å²) in [4.78, 5) is 12.1. The number of hydrogen-bond donors (Lipinski definition) is 2. The van der Waals surface area contributed by atoms with E-state index >= 15 is 0 Å². The van der Waals surface area contributed by atoms with Crippen LogP contribution in [0.2, 0.25) is 0 Å². The van der Waals surface area contributed by atoms with Crippen molar-refractivity contribution in [2.24, 2.45) is 12.8 Å². The van der Waals surface area contributed by atoms with Crippen LogP contribution < -0.4 is 11.1 Å². The lowest BCUT2D eigenvalue weighted by Crippen LogP contribution is -2.16. The first kappa shape index (κ1) is 14.8. The second-order valence-electron chi connectivity index (χ2n) is 4.57. The number of halogens is 1. The van der Waals surface area contributed by atoms with Crippen LogP contribution in [0.4, 0.5) is 10.1 Å². The van der Waals surface area contributed by atoms with Gasteiger partial charge in [-0.05, 0) is 37.3 Å². The Bertz CT molecular complexity index is 738. The second-order valence-corrected chi connectivity index (χ2v) is 4.57. The van der Waals surface area contributed by atoms with E-state index in [9.17, 15) is 9.18 Å². The van der Waals surface area contributed by atoms with Crippen LogP contribution in [0.5, 0.6) is 0 Å². The number of rotatable bonds is 2. The number of amides is 1. The van der Waals surface area contributed by atoms with Gasteiger partial charge in [-0.3, -0.25) is 4.79 Å². The van der Waals surface area contributed by atoms with Gasteiger partial charge in [0.05, 0.1) is 12.2 Å². The zero-order valence-electron chi connectivity index (χ0n) is 11.9. The van der Waals surface area contributed by atoms with Crippen LogP contribution in [0.3, 0.4) is 0 Å². The Labute approximate surface area is 122 Å². The minimum absolute atomic E-state index is 0.122. The topological polar surface area (TPSA) is 60.1 Å². The third-order valence-corrected chi connectivity index (χ3v) is 3.16. The van der Waals surface area contributed by atoms with Crippen molar-refractivity contribution in [2.45, 2.75) is 6.92 Å². The molecule has 3 N–H and O–H groups in total. The molecular formula is C16H16FN3O. The summed E-state index contributed by atoms with van der Waals surface area (Å²) in [5.74, 6) is 4.50. The zero-order chi connectivity index (χ0) is 15.4. The number of aryl methyl sites for hydroxylation is 1. The van der Waals surface area contributed by atoms with Crippen molar-refractivity contribution in [3.05, 3.63) is 53.1 Å². The maximum absolute atomic E-state index is 13.9. The first-order valence-electron chi connectivity index (χ1n) is 6.45. The van der Waals surface area contributed by atoms with E-state index in [1.54, 1.807) is 23.7 Å². The van der Waals surface area contributed by atoms with Gasteiger partial charge in [-0.2, -0.15) is 0 Å². The predicted molar refractivity (Wildman–Crippen MR) is 80.4 cm³/mol. The molecule has 0 radical (unpaired) electrons. The molecule has 2 rings (SSSR count). The third kappa shape index (κ3) is 3.30. The van der Waals surface area contributed by atoms with Crippen LogP contribution in [0, 0.1) is 24.6 Å². The van der Waals surface area contributed by atoms with E-state index in [0.717, 1.165) is 5.69 Å². The molecule has 4 nitrogen and oxygen atoms in total. The van der Waals surface area contributed by atoms with Crippen LogP contribution in [0.25, 0.3) is 0 Å². The molecule has 1 aromatic carbocycles. The largest absolute Gasteiger partial charge is 0.344 e. The lowest BCUT2D eigenvalue weighted by molar-refractivity contribution is 0.101. The van der Waals surface area contributed by atoms with Gasteiger partial charge in [0.25, 0.3) is 5.91 Å². The molecule has 0 aliphatic heterocycles. The Kier molecular flexibility index (Phi) is 4.41. The minimum Gasteiger partial charge on any atom is -0.344 e. The number of carbonyl (C=O) groups excluding carboxylic acids is 1. The summed E-state index contributed by atoms with van der Waals surface area (Å²) in [7, 11) is 1.78. The summed E-state index contributed by atoms with van der Waals surface area (Å²) in [5.41, 5.74) is 7.33. The van der Waals surface area contributed by atoms with Crippen molar-refractivity contribution >= 4 is 11.6 Å². The fourth-order valence-corrected chi connectivity index (χ4v) is 1.87.